The molecule has 1 aliphatic rings. The summed E-state index contributed by atoms with van der Waals surface area (Å²) in [6, 6.07) is 19.0. The number of carboxylic acid groups (broad SMARTS) is 1. The van der Waals surface area contributed by atoms with Crippen LogP contribution in [0.3, 0.4) is 0 Å². The van der Waals surface area contributed by atoms with Crippen LogP contribution in [0, 0.1) is 0 Å². The molecule has 3 heteroatoms. The Morgan fingerprint density at radius 2 is 1.81 bits per heavy atom. The lowest BCUT2D eigenvalue weighted by Gasteiger charge is -2.27. The van der Waals surface area contributed by atoms with Gasteiger partial charge in [0.15, 0.2) is 0 Å². The minimum absolute atomic E-state index is 0.226. The summed E-state index contributed by atoms with van der Waals surface area (Å²) >= 11 is 0. The van der Waals surface area contributed by atoms with E-state index in [1.165, 1.54) is 16.8 Å². The molecule has 0 amide bonds. The van der Waals surface area contributed by atoms with Crippen molar-refractivity contribution in [2.45, 2.75) is 31.8 Å². The smallest absolute Gasteiger partial charge is 0.303 e. The normalized spacial score (nSPS) is 16.8. The van der Waals surface area contributed by atoms with Gasteiger partial charge in [-0.05, 0) is 30.0 Å². The Labute approximate surface area is 124 Å². The number of hydrogen-bond acceptors (Lipinski definition) is 2. The largest absolute Gasteiger partial charge is 0.481 e. The first-order valence-electron chi connectivity index (χ1n) is 7.34. The molecule has 1 heterocycles. The van der Waals surface area contributed by atoms with Gasteiger partial charge in [-0.25, -0.2) is 0 Å². The van der Waals surface area contributed by atoms with Gasteiger partial charge in [0.2, 0.25) is 0 Å². The molecule has 0 saturated carbocycles. The molecule has 0 aromatic heterocycles. The van der Waals surface area contributed by atoms with E-state index in [9.17, 15) is 4.79 Å². The Bertz CT molecular complexity index is 624. The van der Waals surface area contributed by atoms with Crippen LogP contribution in [0.15, 0.2) is 54.6 Å². The number of fused-ring (bicyclic) bond motifs is 1. The molecule has 3 nitrogen and oxygen atoms in total. The number of rotatable bonds is 5. The number of carbonyl (C=O) groups is 1. The van der Waals surface area contributed by atoms with Crippen molar-refractivity contribution in [1.29, 1.82) is 0 Å². The zero-order valence-electron chi connectivity index (χ0n) is 11.9. The van der Waals surface area contributed by atoms with Gasteiger partial charge in [-0.3, -0.25) is 4.79 Å². The van der Waals surface area contributed by atoms with Crippen molar-refractivity contribution in [3.63, 3.8) is 0 Å². The molecule has 3 rings (SSSR count). The predicted molar refractivity (Wildman–Crippen MR) is 83.4 cm³/mol. The Hall–Kier alpha value is -2.29. The summed E-state index contributed by atoms with van der Waals surface area (Å²) in [6.45, 7) is 0.835. The van der Waals surface area contributed by atoms with E-state index in [1.807, 2.05) is 18.2 Å². The highest BCUT2D eigenvalue weighted by molar-refractivity contribution is 5.67. The third-order valence-corrected chi connectivity index (χ3v) is 4.08. The fourth-order valence-electron chi connectivity index (χ4n) is 3.07. The van der Waals surface area contributed by atoms with E-state index >= 15 is 0 Å². The van der Waals surface area contributed by atoms with Crippen LogP contribution in [0.2, 0.25) is 0 Å². The van der Waals surface area contributed by atoms with E-state index in [-0.39, 0.29) is 12.5 Å². The molecule has 0 fully saturated rings. The Kier molecular flexibility index (Phi) is 3.91. The van der Waals surface area contributed by atoms with E-state index in [4.69, 9.17) is 5.11 Å². The molecule has 1 atom stereocenters. The van der Waals surface area contributed by atoms with E-state index in [2.05, 4.69) is 41.3 Å². The summed E-state index contributed by atoms with van der Waals surface area (Å²) in [6.07, 6.45) is 1.86. The molecule has 0 bridgehead atoms. The van der Waals surface area contributed by atoms with E-state index in [0.29, 0.717) is 6.42 Å². The molecular formula is C18H19NO2. The van der Waals surface area contributed by atoms with Crippen LogP contribution >= 0.6 is 0 Å². The number of carboxylic acids is 1. The van der Waals surface area contributed by atoms with Gasteiger partial charge in [-0.2, -0.15) is 0 Å². The van der Waals surface area contributed by atoms with E-state index < -0.39 is 5.97 Å². The first kappa shape index (κ1) is 13.7. The Balaban J connectivity index is 1.82. The van der Waals surface area contributed by atoms with Crippen molar-refractivity contribution in [1.82, 2.24) is 0 Å². The zero-order valence-corrected chi connectivity index (χ0v) is 11.9. The molecule has 1 N–H and O–H groups in total. The zero-order chi connectivity index (χ0) is 14.7. The topological polar surface area (TPSA) is 40.5 Å². The minimum Gasteiger partial charge on any atom is -0.481 e. The van der Waals surface area contributed by atoms with Gasteiger partial charge in [-0.1, -0.05) is 48.5 Å². The monoisotopic (exact) mass is 281 g/mol. The molecule has 2 aromatic rings. The standard InChI is InChI=1S/C18H19NO2/c20-18(21)11-10-16-12-15-8-4-5-9-17(15)19(16)13-14-6-2-1-3-7-14/h1-9,16H,10-13H2,(H,20,21). The number of anilines is 1. The number of para-hydroxylation sites is 1. The molecule has 0 aliphatic carbocycles. The van der Waals surface area contributed by atoms with Crippen molar-refractivity contribution in [3.05, 3.63) is 65.7 Å². The van der Waals surface area contributed by atoms with Crippen molar-refractivity contribution in [2.75, 3.05) is 4.90 Å². The quantitative estimate of drug-likeness (QED) is 0.912. The number of aliphatic carboxylic acids is 1. The summed E-state index contributed by atoms with van der Waals surface area (Å²) in [5, 5.41) is 8.95. The molecule has 108 valence electrons. The highest BCUT2D eigenvalue weighted by Crippen LogP contribution is 2.35. The summed E-state index contributed by atoms with van der Waals surface area (Å²) < 4.78 is 0. The number of benzene rings is 2. The minimum atomic E-state index is -0.717. The summed E-state index contributed by atoms with van der Waals surface area (Å²) in [7, 11) is 0. The lowest BCUT2D eigenvalue weighted by atomic mass is 10.1. The lowest BCUT2D eigenvalue weighted by Crippen LogP contribution is -2.31. The first-order valence-corrected chi connectivity index (χ1v) is 7.34. The van der Waals surface area contributed by atoms with E-state index in [1.54, 1.807) is 0 Å². The van der Waals surface area contributed by atoms with Gasteiger partial charge in [0.05, 0.1) is 0 Å². The van der Waals surface area contributed by atoms with Crippen molar-refractivity contribution < 1.29 is 9.90 Å². The molecule has 0 saturated heterocycles. The molecular weight excluding hydrogens is 262 g/mol. The van der Waals surface area contributed by atoms with Crippen LogP contribution in [0.1, 0.15) is 24.0 Å². The van der Waals surface area contributed by atoms with Crippen LogP contribution in [0.25, 0.3) is 0 Å². The maximum absolute atomic E-state index is 10.9. The SMILES string of the molecule is O=C(O)CCC1Cc2ccccc2N1Cc1ccccc1. The maximum atomic E-state index is 10.9. The van der Waals surface area contributed by atoms with Gasteiger partial charge in [0.1, 0.15) is 0 Å². The molecule has 1 aliphatic heterocycles. The van der Waals surface area contributed by atoms with Crippen LogP contribution in [-0.2, 0) is 17.8 Å². The van der Waals surface area contributed by atoms with Crippen LogP contribution in [-0.4, -0.2) is 17.1 Å². The number of nitrogens with zero attached hydrogens (tertiary/aromatic N) is 1. The lowest BCUT2D eigenvalue weighted by molar-refractivity contribution is -0.137. The van der Waals surface area contributed by atoms with Crippen molar-refractivity contribution in [3.8, 4) is 0 Å². The third kappa shape index (κ3) is 3.07. The first-order chi connectivity index (χ1) is 10.2. The Morgan fingerprint density at radius 3 is 2.57 bits per heavy atom. The highest BCUT2D eigenvalue weighted by atomic mass is 16.4. The number of hydrogen-bond donors (Lipinski definition) is 1. The average Bonchev–Trinajstić information content (AvgIpc) is 2.84. The fourth-order valence-corrected chi connectivity index (χ4v) is 3.07. The van der Waals surface area contributed by atoms with Crippen molar-refractivity contribution >= 4 is 11.7 Å². The maximum Gasteiger partial charge on any atom is 0.303 e. The molecule has 0 spiro atoms. The average molecular weight is 281 g/mol. The van der Waals surface area contributed by atoms with Gasteiger partial charge in [0, 0.05) is 24.7 Å². The van der Waals surface area contributed by atoms with Crippen LogP contribution < -0.4 is 4.90 Å². The Morgan fingerprint density at radius 1 is 1.10 bits per heavy atom. The van der Waals surface area contributed by atoms with Gasteiger partial charge in [-0.15, -0.1) is 0 Å². The second-order valence-electron chi connectivity index (χ2n) is 5.53. The summed E-state index contributed by atoms with van der Waals surface area (Å²) in [4.78, 5) is 13.2. The van der Waals surface area contributed by atoms with Gasteiger partial charge < -0.3 is 10.0 Å². The second-order valence-corrected chi connectivity index (χ2v) is 5.53. The molecule has 1 unspecified atom stereocenters. The predicted octanol–water partition coefficient (Wildman–Crippen LogP) is 3.48. The fraction of sp³-hybridized carbons (Fsp3) is 0.278. The van der Waals surface area contributed by atoms with Crippen LogP contribution in [0.5, 0.6) is 0 Å². The van der Waals surface area contributed by atoms with Gasteiger partial charge >= 0.3 is 5.97 Å². The van der Waals surface area contributed by atoms with Crippen molar-refractivity contribution in [2.24, 2.45) is 0 Å². The van der Waals surface area contributed by atoms with Gasteiger partial charge in [0.25, 0.3) is 0 Å². The highest BCUT2D eigenvalue weighted by Gasteiger charge is 2.28. The molecule has 2 aromatic carbocycles. The molecule has 21 heavy (non-hydrogen) atoms. The summed E-state index contributed by atoms with van der Waals surface area (Å²) in [5.41, 5.74) is 3.83. The van der Waals surface area contributed by atoms with E-state index in [0.717, 1.165) is 13.0 Å². The third-order valence-electron chi connectivity index (χ3n) is 4.08. The summed E-state index contributed by atoms with van der Waals surface area (Å²) in [5.74, 6) is -0.717. The molecule has 0 radical (unpaired) electrons. The van der Waals surface area contributed by atoms with Crippen LogP contribution in [0.4, 0.5) is 5.69 Å². The second kappa shape index (κ2) is 6.00.